The first-order valence-electron chi connectivity index (χ1n) is 48.9. The molecule has 3 aromatic carbocycles. The lowest BCUT2D eigenvalue weighted by molar-refractivity contribution is -0.139. The van der Waals surface area contributed by atoms with Gasteiger partial charge in [-0.25, -0.2) is 9.97 Å². The van der Waals surface area contributed by atoms with Crippen LogP contribution in [0.2, 0.25) is 0 Å². The number of aromatic nitrogens is 4. The molecule has 0 radical (unpaired) electrons. The van der Waals surface area contributed by atoms with Crippen LogP contribution in [0.5, 0.6) is 0 Å². The Labute approximate surface area is 706 Å². The number of fused-ring (bicyclic) bond motifs is 15. The van der Waals surface area contributed by atoms with Gasteiger partial charge < -0.3 is 44.3 Å². The Morgan fingerprint density at radius 2 is 0.765 bits per heavy atom. The van der Waals surface area contributed by atoms with E-state index in [1.807, 2.05) is 15.9 Å². The molecule has 21 rings (SSSR count). The van der Waals surface area contributed by atoms with Crippen molar-refractivity contribution < 1.29 is 39.6 Å². The highest BCUT2D eigenvalue weighted by atomic mass is 16.4. The number of rotatable bonds is 19. The van der Waals surface area contributed by atoms with Gasteiger partial charge in [0.05, 0.1) is 53.0 Å². The number of carboxylic acids is 4. The number of carbonyl (C=O) groups is 4. The van der Waals surface area contributed by atoms with Crippen LogP contribution >= 0.6 is 0 Å². The monoisotopic (exact) mass is 1620 g/mol. The van der Waals surface area contributed by atoms with E-state index in [9.17, 15) is 39.6 Å². The minimum Gasteiger partial charge on any atom is -0.481 e. The Hall–Kier alpha value is -6.42. The van der Waals surface area contributed by atoms with E-state index in [0.29, 0.717) is 109 Å². The number of hydrogen-bond acceptors (Lipinski definition) is 14. The Morgan fingerprint density at radius 3 is 1.24 bits per heavy atom. The Bertz CT molecular complexity index is 4500. The third kappa shape index (κ3) is 15.9. The minimum atomic E-state index is -0.859. The fourth-order valence-corrected chi connectivity index (χ4v) is 30.8. The zero-order valence-electron chi connectivity index (χ0n) is 71.3. The number of imidazole rings is 2. The normalized spacial score (nSPS) is 36.7. The number of carboxylic acid groups (broad SMARTS) is 4. The maximum absolute atomic E-state index is 12.8. The van der Waals surface area contributed by atoms with Crippen LogP contribution in [0.25, 0.3) is 22.1 Å². The molecule has 10 aliphatic heterocycles. The summed E-state index contributed by atoms with van der Waals surface area (Å²) in [5, 5.41) is 40.1. The van der Waals surface area contributed by atoms with Gasteiger partial charge >= 0.3 is 23.9 Å². The molecule has 16 atom stereocenters. The molecule has 6 saturated carbocycles. The van der Waals surface area contributed by atoms with E-state index in [2.05, 4.69) is 93.1 Å². The second-order valence-electron chi connectivity index (χ2n) is 42.3. The maximum Gasteiger partial charge on any atom is 0.323 e. The van der Waals surface area contributed by atoms with Crippen LogP contribution in [0.1, 0.15) is 322 Å². The standard InChI is InChI=1S/C99H138N12O8/c112-91(113)34-40-102-36-30-68(31-37-102)97-100-95-85(20-8-24-89(95)109(97)82-52-73-14-5-15-74(53-82)106(73)79-46-62-11-1-2-12-63(41-62)47-79)70-28-26-64-42-66(44-70)50-80(48-64)107-75-16-6-17-76(107)55-83(54-75)110-90-25-9-21-86(96(90)101-98(110)69-32-38-103(39-33-69)59-92(114)115)71-29-27-65-43-67(45-71)51-81(49-65)108-77-18-7-19-78(108)57-84(56-77)111-88-23-4-3-22-87(88)105(61-94(118)119)99(111)72-13-10-35-104(58-72)60-93(116)117/h3-4,8-9,20-25,62-71,73-84H,1-2,5-7,10-19,26-61H2,(H,112,113)(H,114,115)(H,116,117)(H,118,119). The number of anilines is 2. The maximum atomic E-state index is 12.8. The molecule has 0 amide bonds. The summed E-state index contributed by atoms with van der Waals surface area (Å²) in [5.41, 5.74) is 11.6. The lowest BCUT2D eigenvalue weighted by atomic mass is 9.72. The summed E-state index contributed by atoms with van der Waals surface area (Å²) < 4.78 is 5.73. The van der Waals surface area contributed by atoms with E-state index < -0.39 is 23.9 Å². The Morgan fingerprint density at radius 1 is 0.336 bits per heavy atom. The molecule has 6 aliphatic carbocycles. The van der Waals surface area contributed by atoms with Gasteiger partial charge in [-0.05, 0) is 333 Å². The van der Waals surface area contributed by atoms with Crippen LogP contribution in [-0.4, -0.2) is 219 Å². The molecule has 15 fully saturated rings. The summed E-state index contributed by atoms with van der Waals surface area (Å²) in [4.78, 5) is 81.5. The third-order valence-electron chi connectivity index (χ3n) is 35.2. The fraction of sp³-hybridized carbons (Fsp3) is 0.737. The first kappa shape index (κ1) is 79.7. The average Bonchev–Trinajstić information content (AvgIpc) is 1.61. The number of nitrogens with zero attached hydrogens (tertiary/aromatic N) is 12. The zero-order valence-corrected chi connectivity index (χ0v) is 71.3. The van der Waals surface area contributed by atoms with Gasteiger partial charge in [-0.15, -0.1) is 0 Å². The van der Waals surface area contributed by atoms with Gasteiger partial charge in [0.25, 0.3) is 0 Å². The van der Waals surface area contributed by atoms with Gasteiger partial charge in [0.1, 0.15) is 24.0 Å². The molecule has 12 bridgehead atoms. The molecule has 2 aromatic heterocycles. The SMILES string of the molecule is O=C(O)CCN1CCC(c2nc3c(C4CCC5CC(C4)CC(N4C6CCCC4CC(n4c(C7CCN(CC(=O)O)CC7)nc7c(C8CCC9CC(C8)CC(N8C%10CCCC8CC(N8C(=C%11CCCN(CC(=O)O)C%11)N(CC(=O)O)c%11ccccc%118)C%10)C9)cccc74)C6)C5)cccc3n2C2CC3CCCC(C2)N3C2CC3CCCCC(C3)C2)CC1. The van der Waals surface area contributed by atoms with Crippen LogP contribution < -0.4 is 9.80 Å². The largest absolute Gasteiger partial charge is 0.481 e. The Balaban J connectivity index is 0.525. The number of likely N-dealkylation sites (tertiary alicyclic amines) is 3. The predicted octanol–water partition coefficient (Wildman–Crippen LogP) is 17.8. The van der Waals surface area contributed by atoms with Crippen molar-refractivity contribution in [3.63, 3.8) is 0 Å². The van der Waals surface area contributed by atoms with Crippen molar-refractivity contribution in [2.75, 3.05) is 75.2 Å². The summed E-state index contributed by atoms with van der Waals surface area (Å²) in [6.07, 6.45) is 49.9. The number of para-hydroxylation sites is 4. The molecule has 119 heavy (non-hydrogen) atoms. The summed E-state index contributed by atoms with van der Waals surface area (Å²) in [6.45, 7) is 5.34. The second-order valence-corrected chi connectivity index (χ2v) is 42.3. The van der Waals surface area contributed by atoms with Gasteiger partial charge in [0, 0.05) is 97.4 Å². The number of hydrogen-bond donors (Lipinski definition) is 4. The molecule has 12 heterocycles. The highest BCUT2D eigenvalue weighted by Crippen LogP contribution is 2.57. The summed E-state index contributed by atoms with van der Waals surface area (Å²) in [6, 6.07) is 29.6. The summed E-state index contributed by atoms with van der Waals surface area (Å²) in [7, 11) is 0. The summed E-state index contributed by atoms with van der Waals surface area (Å²) >= 11 is 0. The van der Waals surface area contributed by atoms with Crippen LogP contribution in [0.4, 0.5) is 11.4 Å². The molecule has 16 unspecified atom stereocenters. The molecule has 5 aromatic rings. The van der Waals surface area contributed by atoms with E-state index in [1.54, 1.807) is 0 Å². The first-order valence-corrected chi connectivity index (χ1v) is 48.9. The van der Waals surface area contributed by atoms with Crippen LogP contribution in [-0.2, 0) is 19.2 Å². The molecular weight excluding hydrogens is 1490 g/mol. The van der Waals surface area contributed by atoms with E-state index in [1.165, 1.54) is 250 Å². The second kappa shape index (κ2) is 33.9. The lowest BCUT2D eigenvalue weighted by Gasteiger charge is -2.56. The van der Waals surface area contributed by atoms with Crippen LogP contribution in [0, 0.1) is 35.5 Å². The van der Waals surface area contributed by atoms with E-state index in [4.69, 9.17) is 9.97 Å². The van der Waals surface area contributed by atoms with Crippen molar-refractivity contribution in [3.8, 4) is 0 Å². The van der Waals surface area contributed by atoms with Gasteiger partial charge in [-0.2, -0.15) is 0 Å². The number of aliphatic carboxylic acids is 4. The van der Waals surface area contributed by atoms with Crippen molar-refractivity contribution in [2.24, 2.45) is 35.5 Å². The van der Waals surface area contributed by atoms with Crippen molar-refractivity contribution >= 4 is 57.3 Å². The average molecular weight is 1620 g/mol. The topological polar surface area (TPSA) is 211 Å². The van der Waals surface area contributed by atoms with Crippen molar-refractivity contribution in [1.82, 2.24) is 48.5 Å². The fourth-order valence-electron chi connectivity index (χ4n) is 30.8. The van der Waals surface area contributed by atoms with E-state index in [-0.39, 0.29) is 38.0 Å². The Kier molecular flexibility index (Phi) is 22.7. The van der Waals surface area contributed by atoms with Crippen molar-refractivity contribution in [1.29, 1.82) is 0 Å². The summed E-state index contributed by atoms with van der Waals surface area (Å²) in [5.74, 6) is 6.80. The molecule has 642 valence electrons. The van der Waals surface area contributed by atoms with Crippen LogP contribution in [0.3, 0.4) is 0 Å². The van der Waals surface area contributed by atoms with Gasteiger partial charge in [0.15, 0.2) is 0 Å². The molecular formula is C99H138N12O8. The molecule has 16 aliphatic rings. The predicted molar refractivity (Wildman–Crippen MR) is 465 cm³/mol. The highest BCUT2D eigenvalue weighted by molar-refractivity contribution is 5.88. The zero-order chi connectivity index (χ0) is 80.3. The highest BCUT2D eigenvalue weighted by Gasteiger charge is 2.53. The van der Waals surface area contributed by atoms with Gasteiger partial charge in [0.2, 0.25) is 0 Å². The number of piperidine rings is 9. The van der Waals surface area contributed by atoms with Crippen molar-refractivity contribution in [2.45, 2.75) is 359 Å². The molecule has 0 spiro atoms. The van der Waals surface area contributed by atoms with Gasteiger partial charge in [-0.1, -0.05) is 81.3 Å². The minimum absolute atomic E-state index is 0.0147. The lowest BCUT2D eigenvalue weighted by Crippen LogP contribution is -2.61. The van der Waals surface area contributed by atoms with Crippen LogP contribution in [0.15, 0.2) is 72.1 Å². The number of benzene rings is 3. The molecule has 20 heteroatoms. The van der Waals surface area contributed by atoms with Crippen molar-refractivity contribution in [3.05, 3.63) is 94.8 Å². The third-order valence-corrected chi connectivity index (χ3v) is 35.2. The molecule has 9 saturated heterocycles. The first-order chi connectivity index (χ1) is 58.1. The van der Waals surface area contributed by atoms with Gasteiger partial charge in [-0.3, -0.25) is 43.7 Å². The molecule has 20 nitrogen and oxygen atoms in total. The molecule has 4 N–H and O–H groups in total. The quantitative estimate of drug-likeness (QED) is 0.0605. The smallest absolute Gasteiger partial charge is 0.323 e. The van der Waals surface area contributed by atoms with E-state index >= 15 is 0 Å². The van der Waals surface area contributed by atoms with E-state index in [0.717, 1.165) is 131 Å².